The van der Waals surface area contributed by atoms with Gasteiger partial charge in [0.05, 0.1) is 13.2 Å². The Balaban J connectivity index is 1.73. The molecule has 2 heteroatoms. The third kappa shape index (κ3) is 2.70. The number of hydrogen-bond donors (Lipinski definition) is 1. The first-order valence-electron chi connectivity index (χ1n) is 7.73. The predicted octanol–water partition coefficient (Wildman–Crippen LogP) is 3.05. The summed E-state index contributed by atoms with van der Waals surface area (Å²) in [7, 11) is 0. The van der Waals surface area contributed by atoms with E-state index in [0.29, 0.717) is 6.04 Å². The maximum atomic E-state index is 5.56. The summed E-state index contributed by atoms with van der Waals surface area (Å²) in [6, 6.07) is 9.89. The molecule has 1 aromatic rings. The fourth-order valence-electron chi connectivity index (χ4n) is 3.41. The van der Waals surface area contributed by atoms with Gasteiger partial charge in [-0.05, 0) is 43.4 Å². The Kier molecular flexibility index (Phi) is 3.90. The molecule has 0 saturated carbocycles. The Bertz CT molecular complexity index is 402. The molecule has 1 unspecified atom stereocenters. The Morgan fingerprint density at radius 3 is 2.53 bits per heavy atom. The van der Waals surface area contributed by atoms with Crippen molar-refractivity contribution in [3.63, 3.8) is 0 Å². The first-order valence-corrected chi connectivity index (χ1v) is 7.73. The van der Waals surface area contributed by atoms with Gasteiger partial charge >= 0.3 is 0 Å². The molecule has 2 heterocycles. The first kappa shape index (κ1) is 13.1. The molecule has 0 amide bonds. The zero-order chi connectivity index (χ0) is 13.1. The number of nitrogens with one attached hydrogen (secondary N) is 1. The molecular formula is C17H25NO. The van der Waals surface area contributed by atoms with E-state index < -0.39 is 0 Å². The molecule has 2 aliphatic heterocycles. The highest BCUT2D eigenvalue weighted by Gasteiger charge is 2.42. The van der Waals surface area contributed by atoms with Crippen LogP contribution in [0.3, 0.4) is 0 Å². The minimum absolute atomic E-state index is 0.279. The number of ether oxygens (including phenoxy) is 1. The summed E-state index contributed by atoms with van der Waals surface area (Å²) >= 11 is 0. The molecular weight excluding hydrogens is 234 g/mol. The molecule has 0 spiro atoms. The van der Waals surface area contributed by atoms with E-state index >= 15 is 0 Å². The smallest absolute Gasteiger partial charge is 0.0586 e. The molecule has 0 radical (unpaired) electrons. The molecule has 0 bridgehead atoms. The van der Waals surface area contributed by atoms with Gasteiger partial charge in [0.2, 0.25) is 0 Å². The summed E-state index contributed by atoms with van der Waals surface area (Å²) in [5.74, 6) is 0. The van der Waals surface area contributed by atoms with Gasteiger partial charge in [-0.15, -0.1) is 0 Å². The normalized spacial score (nSPS) is 25.8. The molecule has 0 aromatic heterocycles. The van der Waals surface area contributed by atoms with Crippen LogP contribution >= 0.6 is 0 Å². The lowest BCUT2D eigenvalue weighted by molar-refractivity contribution is -0.0696. The highest BCUT2D eigenvalue weighted by molar-refractivity contribution is 5.31. The summed E-state index contributed by atoms with van der Waals surface area (Å²) in [6.45, 7) is 5.20. The van der Waals surface area contributed by atoms with E-state index in [0.717, 1.165) is 19.6 Å². The predicted molar refractivity (Wildman–Crippen MR) is 78.6 cm³/mol. The van der Waals surface area contributed by atoms with Crippen LogP contribution in [0.1, 0.15) is 43.7 Å². The summed E-state index contributed by atoms with van der Waals surface area (Å²) in [6.07, 6.45) is 6.40. The van der Waals surface area contributed by atoms with Crippen molar-refractivity contribution in [2.75, 3.05) is 19.8 Å². The SMILES string of the molecule is CCc1ccc(C2(CC3CCCCN3)COC2)cc1. The number of benzene rings is 1. The van der Waals surface area contributed by atoms with Crippen LogP contribution in [0.15, 0.2) is 24.3 Å². The van der Waals surface area contributed by atoms with Gasteiger partial charge in [0.1, 0.15) is 0 Å². The van der Waals surface area contributed by atoms with Crippen LogP contribution in [0.2, 0.25) is 0 Å². The zero-order valence-electron chi connectivity index (χ0n) is 12.0. The first-order chi connectivity index (χ1) is 9.32. The van der Waals surface area contributed by atoms with Crippen LogP contribution in [-0.2, 0) is 16.6 Å². The largest absolute Gasteiger partial charge is 0.379 e. The fourth-order valence-corrected chi connectivity index (χ4v) is 3.41. The van der Waals surface area contributed by atoms with Crippen molar-refractivity contribution >= 4 is 0 Å². The van der Waals surface area contributed by atoms with Gasteiger partial charge in [-0.2, -0.15) is 0 Å². The Hall–Kier alpha value is -0.860. The summed E-state index contributed by atoms with van der Waals surface area (Å²) in [5.41, 5.74) is 3.18. The lowest BCUT2D eigenvalue weighted by atomic mass is 9.72. The van der Waals surface area contributed by atoms with E-state index in [-0.39, 0.29) is 5.41 Å². The maximum Gasteiger partial charge on any atom is 0.0586 e. The number of hydrogen-bond acceptors (Lipinski definition) is 2. The van der Waals surface area contributed by atoms with Gasteiger partial charge in [-0.25, -0.2) is 0 Å². The topological polar surface area (TPSA) is 21.3 Å². The van der Waals surface area contributed by atoms with Crippen molar-refractivity contribution in [1.82, 2.24) is 5.32 Å². The van der Waals surface area contributed by atoms with Crippen molar-refractivity contribution in [3.05, 3.63) is 35.4 Å². The van der Waals surface area contributed by atoms with E-state index in [1.807, 2.05) is 0 Å². The van der Waals surface area contributed by atoms with Gasteiger partial charge < -0.3 is 10.1 Å². The molecule has 2 nitrogen and oxygen atoms in total. The van der Waals surface area contributed by atoms with E-state index in [1.54, 1.807) is 0 Å². The van der Waals surface area contributed by atoms with Gasteiger partial charge in [-0.3, -0.25) is 0 Å². The van der Waals surface area contributed by atoms with Crippen LogP contribution in [0.4, 0.5) is 0 Å². The summed E-state index contributed by atoms with van der Waals surface area (Å²) in [5, 5.41) is 3.68. The second-order valence-electron chi connectivity index (χ2n) is 6.17. The highest BCUT2D eigenvalue weighted by atomic mass is 16.5. The second-order valence-corrected chi connectivity index (χ2v) is 6.17. The van der Waals surface area contributed by atoms with Crippen LogP contribution < -0.4 is 5.32 Å². The third-order valence-electron chi connectivity index (χ3n) is 4.78. The molecule has 3 rings (SSSR count). The third-order valence-corrected chi connectivity index (χ3v) is 4.78. The quantitative estimate of drug-likeness (QED) is 0.897. The molecule has 1 aromatic carbocycles. The molecule has 0 aliphatic carbocycles. The average molecular weight is 259 g/mol. The molecule has 104 valence electrons. The van der Waals surface area contributed by atoms with E-state index in [1.165, 1.54) is 43.4 Å². The number of rotatable bonds is 4. The summed E-state index contributed by atoms with van der Waals surface area (Å²) in [4.78, 5) is 0. The average Bonchev–Trinajstić information content (AvgIpc) is 2.44. The van der Waals surface area contributed by atoms with E-state index in [2.05, 4.69) is 36.5 Å². The molecule has 1 atom stereocenters. The van der Waals surface area contributed by atoms with E-state index in [4.69, 9.17) is 4.74 Å². The monoisotopic (exact) mass is 259 g/mol. The maximum absolute atomic E-state index is 5.56. The van der Waals surface area contributed by atoms with Crippen LogP contribution in [0, 0.1) is 0 Å². The molecule has 2 fully saturated rings. The Morgan fingerprint density at radius 1 is 1.21 bits per heavy atom. The van der Waals surface area contributed by atoms with Crippen molar-refractivity contribution in [2.24, 2.45) is 0 Å². The molecule has 1 N–H and O–H groups in total. The summed E-state index contributed by atoms with van der Waals surface area (Å²) < 4.78 is 5.56. The van der Waals surface area contributed by atoms with E-state index in [9.17, 15) is 0 Å². The van der Waals surface area contributed by atoms with Crippen molar-refractivity contribution in [1.29, 1.82) is 0 Å². The van der Waals surface area contributed by atoms with Crippen molar-refractivity contribution in [2.45, 2.75) is 50.5 Å². The Labute approximate surface area is 116 Å². The molecule has 19 heavy (non-hydrogen) atoms. The number of aryl methyl sites for hydroxylation is 1. The lowest BCUT2D eigenvalue weighted by Crippen LogP contribution is -2.51. The van der Waals surface area contributed by atoms with Crippen molar-refractivity contribution < 1.29 is 4.74 Å². The zero-order valence-corrected chi connectivity index (χ0v) is 12.0. The molecule has 2 aliphatic rings. The van der Waals surface area contributed by atoms with Crippen LogP contribution in [0.5, 0.6) is 0 Å². The van der Waals surface area contributed by atoms with Crippen LogP contribution in [0.25, 0.3) is 0 Å². The Morgan fingerprint density at radius 2 is 2.00 bits per heavy atom. The number of piperidine rings is 1. The van der Waals surface area contributed by atoms with Crippen LogP contribution in [-0.4, -0.2) is 25.8 Å². The fraction of sp³-hybridized carbons (Fsp3) is 0.647. The standard InChI is InChI=1S/C17H25NO/c1-2-14-6-8-15(9-7-14)17(12-19-13-17)11-16-5-3-4-10-18-16/h6-9,16,18H,2-5,10-13H2,1H3. The molecule has 2 saturated heterocycles. The lowest BCUT2D eigenvalue weighted by Gasteiger charge is -2.45. The minimum atomic E-state index is 0.279. The van der Waals surface area contributed by atoms with Gasteiger partial charge in [0.15, 0.2) is 0 Å². The highest BCUT2D eigenvalue weighted by Crippen LogP contribution is 2.38. The van der Waals surface area contributed by atoms with Gasteiger partial charge in [-0.1, -0.05) is 37.6 Å². The van der Waals surface area contributed by atoms with Gasteiger partial charge in [0, 0.05) is 11.5 Å². The van der Waals surface area contributed by atoms with Gasteiger partial charge in [0.25, 0.3) is 0 Å². The minimum Gasteiger partial charge on any atom is -0.379 e. The second kappa shape index (κ2) is 5.64. The van der Waals surface area contributed by atoms with Crippen molar-refractivity contribution in [3.8, 4) is 0 Å².